The van der Waals surface area contributed by atoms with E-state index in [1.807, 2.05) is 0 Å². The zero-order valence-electron chi connectivity index (χ0n) is 15.7. The maximum absolute atomic E-state index is 15.1. The Labute approximate surface area is 162 Å². The summed E-state index contributed by atoms with van der Waals surface area (Å²) in [5.74, 6) is -1.99. The van der Waals surface area contributed by atoms with E-state index in [0.29, 0.717) is 0 Å². The van der Waals surface area contributed by atoms with E-state index in [4.69, 9.17) is 14.2 Å². The molecule has 3 heterocycles. The van der Waals surface area contributed by atoms with Crippen LogP contribution in [-0.4, -0.2) is 62.4 Å². The third kappa shape index (κ3) is 4.23. The van der Waals surface area contributed by atoms with Crippen LogP contribution >= 0.6 is 0 Å². The van der Waals surface area contributed by atoms with Crippen molar-refractivity contribution < 1.29 is 33.0 Å². The number of hydrogen-bond donors (Lipinski definition) is 2. The highest BCUT2D eigenvalue weighted by molar-refractivity contribution is 5.87. The van der Waals surface area contributed by atoms with E-state index in [0.717, 1.165) is 17.8 Å². The van der Waals surface area contributed by atoms with Gasteiger partial charge in [-0.3, -0.25) is 34.0 Å². The summed E-state index contributed by atoms with van der Waals surface area (Å²) in [6.07, 6.45) is -4.55. The van der Waals surface area contributed by atoms with E-state index >= 15 is 4.39 Å². The maximum atomic E-state index is 15.1. The minimum atomic E-state index is -1.87. The van der Waals surface area contributed by atoms with Gasteiger partial charge in [0.15, 0.2) is 29.7 Å². The molecule has 0 bridgehead atoms. The first-order chi connectivity index (χ1) is 13.7. The largest absolute Gasteiger partial charge is 0.463 e. The molecule has 2 aromatic heterocycles. The summed E-state index contributed by atoms with van der Waals surface area (Å²) in [5.41, 5.74) is -0.818. The lowest BCUT2D eigenvalue weighted by atomic mass is 10.1. The van der Waals surface area contributed by atoms with Crippen LogP contribution < -0.4 is 10.9 Å². The van der Waals surface area contributed by atoms with Gasteiger partial charge in [-0.05, 0) is 0 Å². The Morgan fingerprint density at radius 1 is 1.31 bits per heavy atom. The lowest BCUT2D eigenvalue weighted by Gasteiger charge is -2.18. The highest BCUT2D eigenvalue weighted by atomic mass is 19.1. The standard InChI is InChI=1S/C16H18FN5O7/c1-6(23)19-16-20-13-11(14(26)21-16)18-5-22(13)15-10(17)12(28-8(3)25)9(29-15)4-27-7(2)24/h5,9-10,12,15H,4H2,1-3H3,(H2,19,20,21,23,26)/t9-,10+,12-,15-/m1/s1. The van der Waals surface area contributed by atoms with Crippen LogP contribution in [0.1, 0.15) is 27.0 Å². The number of nitrogens with one attached hydrogen (secondary N) is 2. The average molecular weight is 411 g/mol. The SMILES string of the molecule is CC(=O)Nc1nc2c(ncn2[C@@H]2O[C@H](COC(C)=O)[C@@H](OC(C)=O)[C@@H]2F)c(=O)[nH]1. The van der Waals surface area contributed by atoms with Gasteiger partial charge in [0.05, 0.1) is 6.33 Å². The number of carbonyl (C=O) groups is 3. The van der Waals surface area contributed by atoms with Crippen LogP contribution in [0.25, 0.3) is 11.2 Å². The third-order valence-corrected chi connectivity index (χ3v) is 4.02. The quantitative estimate of drug-likeness (QED) is 0.637. The Morgan fingerprint density at radius 2 is 2.03 bits per heavy atom. The van der Waals surface area contributed by atoms with Crippen LogP contribution in [0.3, 0.4) is 0 Å². The van der Waals surface area contributed by atoms with Crippen molar-refractivity contribution in [1.29, 1.82) is 0 Å². The molecule has 0 radical (unpaired) electrons. The van der Waals surface area contributed by atoms with E-state index in [-0.39, 0.29) is 23.7 Å². The van der Waals surface area contributed by atoms with Crippen molar-refractivity contribution in [2.24, 2.45) is 0 Å². The first-order valence-corrected chi connectivity index (χ1v) is 8.52. The summed E-state index contributed by atoms with van der Waals surface area (Å²) in [7, 11) is 0. The number of halogens is 1. The molecule has 0 aliphatic carbocycles. The second-order valence-electron chi connectivity index (χ2n) is 6.31. The second kappa shape index (κ2) is 7.95. The summed E-state index contributed by atoms with van der Waals surface area (Å²) in [5, 5.41) is 2.32. The van der Waals surface area contributed by atoms with E-state index in [2.05, 4.69) is 20.3 Å². The number of amides is 1. The fraction of sp³-hybridized carbons (Fsp3) is 0.500. The van der Waals surface area contributed by atoms with Crippen LogP contribution in [0.15, 0.2) is 11.1 Å². The second-order valence-corrected chi connectivity index (χ2v) is 6.31. The molecule has 0 aromatic carbocycles. The molecule has 3 rings (SSSR count). The van der Waals surface area contributed by atoms with E-state index in [1.54, 1.807) is 0 Å². The van der Waals surface area contributed by atoms with Crippen molar-refractivity contribution in [3.8, 4) is 0 Å². The van der Waals surface area contributed by atoms with Crippen molar-refractivity contribution >= 4 is 35.0 Å². The van der Waals surface area contributed by atoms with Crippen molar-refractivity contribution in [3.05, 3.63) is 16.7 Å². The fourth-order valence-electron chi connectivity index (χ4n) is 2.92. The Balaban J connectivity index is 1.98. The lowest BCUT2D eigenvalue weighted by Crippen LogP contribution is -2.36. The van der Waals surface area contributed by atoms with E-state index in [9.17, 15) is 19.2 Å². The maximum Gasteiger partial charge on any atom is 0.303 e. The molecule has 1 aliphatic rings. The third-order valence-electron chi connectivity index (χ3n) is 4.02. The molecule has 4 atom stereocenters. The Hall–Kier alpha value is -3.35. The first kappa shape index (κ1) is 20.4. The molecular weight excluding hydrogens is 393 g/mol. The normalized spacial score (nSPS) is 23.7. The number of ether oxygens (including phenoxy) is 3. The molecule has 2 N–H and O–H groups in total. The van der Waals surface area contributed by atoms with Gasteiger partial charge in [-0.1, -0.05) is 0 Å². The van der Waals surface area contributed by atoms with Gasteiger partial charge >= 0.3 is 11.9 Å². The molecule has 0 unspecified atom stereocenters. The molecule has 156 valence electrons. The number of alkyl halides is 1. The summed E-state index contributed by atoms with van der Waals surface area (Å²) < 4.78 is 31.7. The number of aromatic nitrogens is 4. The summed E-state index contributed by atoms with van der Waals surface area (Å²) in [4.78, 5) is 56.2. The smallest absolute Gasteiger partial charge is 0.303 e. The number of anilines is 1. The molecule has 13 heteroatoms. The first-order valence-electron chi connectivity index (χ1n) is 8.52. The van der Waals surface area contributed by atoms with E-state index < -0.39 is 48.0 Å². The van der Waals surface area contributed by atoms with Crippen LogP contribution in [0.2, 0.25) is 0 Å². The number of hydrogen-bond acceptors (Lipinski definition) is 9. The fourth-order valence-corrected chi connectivity index (χ4v) is 2.92. The van der Waals surface area contributed by atoms with Gasteiger partial charge in [0.1, 0.15) is 12.7 Å². The molecular formula is C16H18FN5O7. The Kier molecular flexibility index (Phi) is 5.59. The van der Waals surface area contributed by atoms with Crippen molar-refractivity contribution in [2.45, 2.75) is 45.4 Å². The van der Waals surface area contributed by atoms with Crippen molar-refractivity contribution in [3.63, 3.8) is 0 Å². The summed E-state index contributed by atoms with van der Waals surface area (Å²) >= 11 is 0. The van der Waals surface area contributed by atoms with E-state index in [1.165, 1.54) is 13.8 Å². The number of H-pyrrole nitrogens is 1. The molecule has 0 spiro atoms. The number of imidazole rings is 1. The van der Waals surface area contributed by atoms with Crippen molar-refractivity contribution in [1.82, 2.24) is 19.5 Å². The molecule has 1 fully saturated rings. The van der Waals surface area contributed by atoms with Crippen LogP contribution in [0, 0.1) is 0 Å². The zero-order valence-corrected chi connectivity index (χ0v) is 15.7. The Morgan fingerprint density at radius 3 is 2.66 bits per heavy atom. The molecule has 29 heavy (non-hydrogen) atoms. The summed E-state index contributed by atoms with van der Waals surface area (Å²) in [6.45, 7) is 3.16. The van der Waals surface area contributed by atoms with Gasteiger partial charge < -0.3 is 14.2 Å². The number of aromatic amines is 1. The highest BCUT2D eigenvalue weighted by Crippen LogP contribution is 2.35. The van der Waals surface area contributed by atoms with Gasteiger partial charge in [0.25, 0.3) is 5.56 Å². The van der Waals surface area contributed by atoms with Gasteiger partial charge in [-0.2, -0.15) is 4.98 Å². The van der Waals surface area contributed by atoms with Crippen LogP contribution in [-0.2, 0) is 28.6 Å². The monoisotopic (exact) mass is 411 g/mol. The number of rotatable bonds is 5. The predicted octanol–water partition coefficient (Wildman–Crippen LogP) is -0.192. The average Bonchev–Trinajstić information content (AvgIpc) is 3.15. The minimum absolute atomic E-state index is 0.0557. The predicted molar refractivity (Wildman–Crippen MR) is 93.4 cm³/mol. The minimum Gasteiger partial charge on any atom is -0.463 e. The number of fused-ring (bicyclic) bond motifs is 1. The van der Waals surface area contributed by atoms with Gasteiger partial charge in [0.2, 0.25) is 11.9 Å². The van der Waals surface area contributed by atoms with Crippen LogP contribution in [0.5, 0.6) is 0 Å². The zero-order chi connectivity index (χ0) is 21.3. The Bertz CT molecular complexity index is 1020. The molecule has 12 nitrogen and oxygen atoms in total. The lowest BCUT2D eigenvalue weighted by molar-refractivity contribution is -0.156. The number of carbonyl (C=O) groups excluding carboxylic acids is 3. The molecule has 2 aromatic rings. The topological polar surface area (TPSA) is 154 Å². The summed E-state index contributed by atoms with van der Waals surface area (Å²) in [6, 6.07) is 0. The van der Waals surface area contributed by atoms with Gasteiger partial charge in [0, 0.05) is 20.8 Å². The molecule has 1 saturated heterocycles. The number of nitrogens with zero attached hydrogens (tertiary/aromatic N) is 3. The molecule has 1 aliphatic heterocycles. The molecule has 1 amide bonds. The van der Waals surface area contributed by atoms with Gasteiger partial charge in [-0.25, -0.2) is 9.37 Å². The molecule has 0 saturated carbocycles. The number of esters is 2. The van der Waals surface area contributed by atoms with Crippen molar-refractivity contribution in [2.75, 3.05) is 11.9 Å². The highest BCUT2D eigenvalue weighted by Gasteiger charge is 2.49. The van der Waals surface area contributed by atoms with Gasteiger partial charge in [-0.15, -0.1) is 0 Å². The van der Waals surface area contributed by atoms with Crippen LogP contribution in [0.4, 0.5) is 10.3 Å².